The van der Waals surface area contributed by atoms with Crippen LogP contribution >= 0.6 is 12.2 Å². The zero-order chi connectivity index (χ0) is 16.8. The Morgan fingerprint density at radius 1 is 1.27 bits per heavy atom. The van der Waals surface area contributed by atoms with Crippen molar-refractivity contribution in [2.75, 3.05) is 13.7 Å². The normalized spacial score (nSPS) is 12.4. The number of hydrazine groups is 1. The van der Waals surface area contributed by atoms with E-state index in [4.69, 9.17) is 17.0 Å². The minimum atomic E-state index is -4.43. The van der Waals surface area contributed by atoms with Crippen LogP contribution in [0.25, 0.3) is 0 Å². The number of benzene rings is 1. The van der Waals surface area contributed by atoms with Crippen molar-refractivity contribution in [3.63, 3.8) is 0 Å². The fraction of sp³-hybridized carbons (Fsp3) is 0.385. The number of methoxy groups -OCH3 is 1. The standard InChI is InChI=1S/C13H16F3N3O2S/c1-8(7-21-2)17-12(22)19-18-11(20)9-3-5-10(6-4-9)13(14,15)16/h3-6,8H,7H2,1-2H3,(H,18,20)(H2,17,19,22)/t8-/m1/s1. The number of nitrogens with one attached hydrogen (secondary N) is 3. The van der Waals surface area contributed by atoms with Gasteiger partial charge in [0.2, 0.25) is 0 Å². The SMILES string of the molecule is COC[C@@H](C)NC(=S)NNC(=O)c1ccc(C(F)(F)F)cc1. The lowest BCUT2D eigenvalue weighted by Gasteiger charge is -2.16. The number of thiocarbonyl (C=S) groups is 1. The lowest BCUT2D eigenvalue weighted by molar-refractivity contribution is -0.137. The van der Waals surface area contributed by atoms with E-state index in [1.807, 2.05) is 6.92 Å². The van der Waals surface area contributed by atoms with Gasteiger partial charge >= 0.3 is 6.18 Å². The van der Waals surface area contributed by atoms with Crippen LogP contribution in [0, 0.1) is 0 Å². The predicted octanol–water partition coefficient (Wildman–Crippen LogP) is 1.85. The summed E-state index contributed by atoms with van der Waals surface area (Å²) in [7, 11) is 1.54. The first-order valence-electron chi connectivity index (χ1n) is 6.27. The minimum absolute atomic E-state index is 0.0621. The van der Waals surface area contributed by atoms with Crippen molar-refractivity contribution in [3.8, 4) is 0 Å². The number of ether oxygens (including phenoxy) is 1. The maximum atomic E-state index is 12.4. The van der Waals surface area contributed by atoms with E-state index >= 15 is 0 Å². The molecule has 0 unspecified atom stereocenters. The molecule has 0 spiro atoms. The first kappa shape index (κ1) is 18.2. The Balaban J connectivity index is 2.50. The molecule has 3 N–H and O–H groups in total. The molecule has 0 aliphatic carbocycles. The summed E-state index contributed by atoms with van der Waals surface area (Å²) in [4.78, 5) is 11.8. The Morgan fingerprint density at radius 3 is 2.36 bits per heavy atom. The van der Waals surface area contributed by atoms with Crippen molar-refractivity contribution < 1.29 is 22.7 Å². The molecule has 0 fully saturated rings. The summed E-state index contributed by atoms with van der Waals surface area (Å²) in [6.45, 7) is 2.25. The fourth-order valence-corrected chi connectivity index (χ4v) is 1.80. The number of hydrogen-bond acceptors (Lipinski definition) is 3. The topological polar surface area (TPSA) is 62.4 Å². The molecule has 0 aliphatic rings. The Morgan fingerprint density at radius 2 is 1.86 bits per heavy atom. The number of rotatable bonds is 4. The second kappa shape index (κ2) is 7.95. The van der Waals surface area contributed by atoms with Gasteiger partial charge in [-0.15, -0.1) is 0 Å². The van der Waals surface area contributed by atoms with E-state index in [1.54, 1.807) is 7.11 Å². The van der Waals surface area contributed by atoms with Gasteiger partial charge in [0.05, 0.1) is 12.2 Å². The van der Waals surface area contributed by atoms with Gasteiger partial charge in [-0.05, 0) is 43.4 Å². The first-order valence-corrected chi connectivity index (χ1v) is 6.68. The highest BCUT2D eigenvalue weighted by atomic mass is 32.1. The van der Waals surface area contributed by atoms with Gasteiger partial charge in [0.15, 0.2) is 5.11 Å². The Kier molecular flexibility index (Phi) is 6.57. The number of carbonyl (C=O) groups excluding carboxylic acids is 1. The van der Waals surface area contributed by atoms with E-state index in [1.165, 1.54) is 0 Å². The summed E-state index contributed by atoms with van der Waals surface area (Å²) < 4.78 is 42.1. The van der Waals surface area contributed by atoms with Gasteiger partial charge in [-0.1, -0.05) is 0 Å². The molecule has 1 amide bonds. The summed E-state index contributed by atoms with van der Waals surface area (Å²) in [5, 5.41) is 3.02. The van der Waals surface area contributed by atoms with Crippen LogP contribution in [-0.4, -0.2) is 30.8 Å². The number of carbonyl (C=O) groups is 1. The van der Waals surface area contributed by atoms with E-state index in [9.17, 15) is 18.0 Å². The van der Waals surface area contributed by atoms with Crippen molar-refractivity contribution in [1.29, 1.82) is 0 Å². The van der Waals surface area contributed by atoms with E-state index in [2.05, 4.69) is 16.2 Å². The van der Waals surface area contributed by atoms with Crippen molar-refractivity contribution in [1.82, 2.24) is 16.2 Å². The molecule has 1 atom stereocenters. The molecule has 22 heavy (non-hydrogen) atoms. The molecule has 0 saturated carbocycles. The molecule has 0 aromatic heterocycles. The molecule has 1 aromatic rings. The van der Waals surface area contributed by atoms with Gasteiger partial charge in [-0.3, -0.25) is 15.6 Å². The molecule has 0 bridgehead atoms. The van der Waals surface area contributed by atoms with E-state index in [0.29, 0.717) is 6.61 Å². The van der Waals surface area contributed by atoms with Gasteiger partial charge in [0.1, 0.15) is 0 Å². The number of alkyl halides is 3. The van der Waals surface area contributed by atoms with Crippen molar-refractivity contribution in [2.45, 2.75) is 19.1 Å². The largest absolute Gasteiger partial charge is 0.416 e. The maximum absolute atomic E-state index is 12.4. The summed E-state index contributed by atoms with van der Waals surface area (Å²) in [6, 6.07) is 3.79. The third-order valence-corrected chi connectivity index (χ3v) is 2.78. The molecule has 0 radical (unpaired) electrons. The molecule has 0 saturated heterocycles. The van der Waals surface area contributed by atoms with Gasteiger partial charge in [-0.2, -0.15) is 13.2 Å². The molecule has 1 rings (SSSR count). The van der Waals surface area contributed by atoms with Crippen LogP contribution in [0.15, 0.2) is 24.3 Å². The third-order valence-electron chi connectivity index (χ3n) is 2.56. The first-order chi connectivity index (χ1) is 10.2. The third kappa shape index (κ3) is 5.86. The van der Waals surface area contributed by atoms with Crippen LogP contribution in [0.3, 0.4) is 0 Å². The number of halogens is 3. The summed E-state index contributed by atoms with van der Waals surface area (Å²) >= 11 is 4.94. The van der Waals surface area contributed by atoms with Crippen molar-refractivity contribution in [3.05, 3.63) is 35.4 Å². The minimum Gasteiger partial charge on any atom is -0.383 e. The lowest BCUT2D eigenvalue weighted by atomic mass is 10.1. The van der Waals surface area contributed by atoms with Gasteiger partial charge in [0, 0.05) is 18.7 Å². The number of amides is 1. The highest BCUT2D eigenvalue weighted by molar-refractivity contribution is 7.80. The second-order valence-electron chi connectivity index (χ2n) is 4.48. The molecule has 0 heterocycles. The molecule has 5 nitrogen and oxygen atoms in total. The Labute approximate surface area is 131 Å². The van der Waals surface area contributed by atoms with Crippen molar-refractivity contribution in [2.24, 2.45) is 0 Å². The van der Waals surface area contributed by atoms with Crippen LogP contribution < -0.4 is 16.2 Å². The molecule has 122 valence electrons. The maximum Gasteiger partial charge on any atom is 0.416 e. The Bertz CT molecular complexity index is 520. The highest BCUT2D eigenvalue weighted by Gasteiger charge is 2.30. The van der Waals surface area contributed by atoms with E-state index in [0.717, 1.165) is 24.3 Å². The zero-order valence-electron chi connectivity index (χ0n) is 12.0. The van der Waals surface area contributed by atoms with Crippen LogP contribution in [-0.2, 0) is 10.9 Å². The van der Waals surface area contributed by atoms with Gasteiger partial charge in [-0.25, -0.2) is 0 Å². The zero-order valence-corrected chi connectivity index (χ0v) is 12.8. The summed E-state index contributed by atoms with van der Waals surface area (Å²) in [6.07, 6.45) is -4.43. The van der Waals surface area contributed by atoms with E-state index in [-0.39, 0.29) is 16.7 Å². The summed E-state index contributed by atoms with van der Waals surface area (Å²) in [5.74, 6) is -0.600. The quantitative estimate of drug-likeness (QED) is 0.579. The van der Waals surface area contributed by atoms with Crippen LogP contribution in [0.5, 0.6) is 0 Å². The lowest BCUT2D eigenvalue weighted by Crippen LogP contribution is -2.49. The summed E-state index contributed by atoms with van der Waals surface area (Å²) in [5.41, 5.74) is 4.01. The highest BCUT2D eigenvalue weighted by Crippen LogP contribution is 2.28. The molecule has 9 heteroatoms. The van der Waals surface area contributed by atoms with E-state index < -0.39 is 17.6 Å². The van der Waals surface area contributed by atoms with Gasteiger partial charge < -0.3 is 10.1 Å². The smallest absolute Gasteiger partial charge is 0.383 e. The second-order valence-corrected chi connectivity index (χ2v) is 4.89. The van der Waals surface area contributed by atoms with Crippen LogP contribution in [0.1, 0.15) is 22.8 Å². The Hall–Kier alpha value is -1.87. The molecular formula is C13H16F3N3O2S. The van der Waals surface area contributed by atoms with Gasteiger partial charge in [0.25, 0.3) is 5.91 Å². The number of hydrogen-bond donors (Lipinski definition) is 3. The average Bonchev–Trinajstić information content (AvgIpc) is 2.44. The average molecular weight is 335 g/mol. The van der Waals surface area contributed by atoms with Crippen molar-refractivity contribution >= 4 is 23.2 Å². The molecular weight excluding hydrogens is 319 g/mol. The monoisotopic (exact) mass is 335 g/mol. The predicted molar refractivity (Wildman–Crippen MR) is 79.1 cm³/mol. The molecule has 0 aliphatic heterocycles. The van der Waals surface area contributed by atoms with Crippen LogP contribution in [0.2, 0.25) is 0 Å². The van der Waals surface area contributed by atoms with Crippen LogP contribution in [0.4, 0.5) is 13.2 Å². The molecule has 1 aromatic carbocycles. The fourth-order valence-electron chi connectivity index (χ4n) is 1.55.